The van der Waals surface area contributed by atoms with Crippen molar-refractivity contribution < 1.29 is 5.11 Å². The lowest BCUT2D eigenvalue weighted by atomic mass is 10.2. The Kier molecular flexibility index (Phi) is 4.01. The van der Waals surface area contributed by atoms with E-state index in [1.807, 2.05) is 5.38 Å². The van der Waals surface area contributed by atoms with Crippen molar-refractivity contribution >= 4 is 16.5 Å². The molecule has 1 aromatic heterocycles. The molecular weight excluding hydrogens is 234 g/mol. The van der Waals surface area contributed by atoms with Crippen molar-refractivity contribution in [3.05, 3.63) is 11.1 Å². The van der Waals surface area contributed by atoms with Crippen molar-refractivity contribution in [3.63, 3.8) is 0 Å². The van der Waals surface area contributed by atoms with Gasteiger partial charge in [-0.2, -0.15) is 0 Å². The molecule has 1 fully saturated rings. The Morgan fingerprint density at radius 3 is 3.00 bits per heavy atom. The van der Waals surface area contributed by atoms with Gasteiger partial charge in [0.2, 0.25) is 0 Å². The molecule has 1 N–H and O–H groups in total. The molecule has 96 valence electrons. The Morgan fingerprint density at radius 1 is 1.65 bits per heavy atom. The second kappa shape index (κ2) is 5.33. The van der Waals surface area contributed by atoms with Gasteiger partial charge in [0, 0.05) is 24.5 Å². The Bertz CT molecular complexity index is 364. The minimum atomic E-state index is -0.463. The number of aliphatic hydroxyl groups is 1. The Labute approximate surface area is 107 Å². The number of hydrogen-bond acceptors (Lipinski definition) is 5. The highest BCUT2D eigenvalue weighted by Crippen LogP contribution is 2.30. The molecule has 0 amide bonds. The topological polar surface area (TPSA) is 39.6 Å². The zero-order valence-corrected chi connectivity index (χ0v) is 11.6. The van der Waals surface area contributed by atoms with Gasteiger partial charge in [0.05, 0.1) is 11.8 Å². The Balaban J connectivity index is 2.09. The number of likely N-dealkylation sites (N-methyl/N-ethyl adjacent to an activating group) is 1. The summed E-state index contributed by atoms with van der Waals surface area (Å²) in [5.41, 5.74) is 0.792. The highest BCUT2D eigenvalue weighted by molar-refractivity contribution is 7.13. The summed E-state index contributed by atoms with van der Waals surface area (Å²) in [6, 6.07) is 0.568. The number of rotatable bonds is 4. The standard InChI is InChI=1S/C12H21N3OS/c1-9(16)11-8-17-12(13-11)15-6-4-5-10(15)7-14(2)3/h8-10,16H,4-7H2,1-3H3. The van der Waals surface area contributed by atoms with Crippen LogP contribution in [-0.4, -0.2) is 48.2 Å². The first-order chi connectivity index (χ1) is 8.08. The summed E-state index contributed by atoms with van der Waals surface area (Å²) in [6.45, 7) is 3.93. The molecular formula is C12H21N3OS. The number of thiazole rings is 1. The number of hydrogen-bond donors (Lipinski definition) is 1. The van der Waals surface area contributed by atoms with E-state index in [0.717, 1.165) is 23.9 Å². The molecule has 1 aliphatic heterocycles. The van der Waals surface area contributed by atoms with Gasteiger partial charge >= 0.3 is 0 Å². The fourth-order valence-corrected chi connectivity index (χ4v) is 3.31. The fraction of sp³-hybridized carbons (Fsp3) is 0.750. The smallest absolute Gasteiger partial charge is 0.185 e. The summed E-state index contributed by atoms with van der Waals surface area (Å²) in [4.78, 5) is 9.14. The Hall–Kier alpha value is -0.650. The lowest BCUT2D eigenvalue weighted by molar-refractivity contribution is 0.195. The predicted octanol–water partition coefficient (Wildman–Crippen LogP) is 1.73. The fourth-order valence-electron chi connectivity index (χ4n) is 2.30. The number of nitrogens with zero attached hydrogens (tertiary/aromatic N) is 3. The van der Waals surface area contributed by atoms with Crippen molar-refractivity contribution in [2.24, 2.45) is 0 Å². The molecule has 1 aliphatic rings. The number of anilines is 1. The van der Waals surface area contributed by atoms with Crippen molar-refractivity contribution in [3.8, 4) is 0 Å². The van der Waals surface area contributed by atoms with Gasteiger partial charge in [0.25, 0.3) is 0 Å². The summed E-state index contributed by atoms with van der Waals surface area (Å²) >= 11 is 1.64. The van der Waals surface area contributed by atoms with Crippen LogP contribution in [0.4, 0.5) is 5.13 Å². The van der Waals surface area contributed by atoms with Gasteiger partial charge in [-0.15, -0.1) is 11.3 Å². The molecule has 2 unspecified atom stereocenters. The first kappa shape index (κ1) is 12.8. The summed E-state index contributed by atoms with van der Waals surface area (Å²) < 4.78 is 0. The van der Waals surface area contributed by atoms with Crippen LogP contribution in [0.2, 0.25) is 0 Å². The highest BCUT2D eigenvalue weighted by Gasteiger charge is 2.27. The molecule has 0 saturated carbocycles. The molecule has 2 rings (SSSR count). The monoisotopic (exact) mass is 255 g/mol. The number of aliphatic hydroxyl groups excluding tert-OH is 1. The molecule has 17 heavy (non-hydrogen) atoms. The van der Waals surface area contributed by atoms with Gasteiger partial charge in [-0.25, -0.2) is 4.98 Å². The van der Waals surface area contributed by atoms with E-state index in [2.05, 4.69) is 28.9 Å². The predicted molar refractivity (Wildman–Crippen MR) is 71.7 cm³/mol. The van der Waals surface area contributed by atoms with Gasteiger partial charge in [0.15, 0.2) is 5.13 Å². The highest BCUT2D eigenvalue weighted by atomic mass is 32.1. The van der Waals surface area contributed by atoms with Crippen LogP contribution in [0.1, 0.15) is 31.6 Å². The van der Waals surface area contributed by atoms with E-state index in [-0.39, 0.29) is 0 Å². The van der Waals surface area contributed by atoms with Gasteiger partial charge in [-0.3, -0.25) is 0 Å². The second-order valence-electron chi connectivity index (χ2n) is 4.98. The quantitative estimate of drug-likeness (QED) is 0.889. The summed E-state index contributed by atoms with van der Waals surface area (Å²) in [7, 11) is 4.22. The SMILES string of the molecule is CC(O)c1csc(N2CCCC2CN(C)C)n1. The van der Waals surface area contributed by atoms with Crippen LogP contribution in [0.3, 0.4) is 0 Å². The van der Waals surface area contributed by atoms with Crippen LogP contribution in [0.25, 0.3) is 0 Å². The molecule has 2 atom stereocenters. The maximum atomic E-state index is 9.51. The molecule has 0 aromatic carbocycles. The first-order valence-corrected chi connectivity index (χ1v) is 7.00. The molecule has 0 bridgehead atoms. The lowest BCUT2D eigenvalue weighted by Gasteiger charge is -2.26. The first-order valence-electron chi connectivity index (χ1n) is 6.13. The maximum absolute atomic E-state index is 9.51. The van der Waals surface area contributed by atoms with Crippen LogP contribution in [0, 0.1) is 0 Å². The van der Waals surface area contributed by atoms with Crippen LogP contribution in [0.5, 0.6) is 0 Å². The van der Waals surface area contributed by atoms with Crippen molar-refractivity contribution in [1.29, 1.82) is 0 Å². The van der Waals surface area contributed by atoms with Crippen molar-refractivity contribution in [2.75, 3.05) is 32.1 Å². The van der Waals surface area contributed by atoms with E-state index in [1.165, 1.54) is 12.8 Å². The largest absolute Gasteiger partial charge is 0.387 e. The zero-order chi connectivity index (χ0) is 12.4. The summed E-state index contributed by atoms with van der Waals surface area (Å²) in [5, 5.41) is 12.5. The average molecular weight is 255 g/mol. The van der Waals surface area contributed by atoms with E-state index in [4.69, 9.17) is 0 Å². The minimum absolute atomic E-state index is 0.463. The van der Waals surface area contributed by atoms with Crippen molar-refractivity contribution in [1.82, 2.24) is 9.88 Å². The molecule has 1 saturated heterocycles. The molecule has 0 aliphatic carbocycles. The normalized spacial score (nSPS) is 22.4. The van der Waals surface area contributed by atoms with E-state index < -0.39 is 6.10 Å². The molecule has 1 aromatic rings. The molecule has 0 radical (unpaired) electrons. The third-order valence-electron chi connectivity index (χ3n) is 3.14. The molecule has 0 spiro atoms. The van der Waals surface area contributed by atoms with Gasteiger partial charge in [-0.1, -0.05) is 0 Å². The third kappa shape index (κ3) is 2.97. The van der Waals surface area contributed by atoms with E-state index >= 15 is 0 Å². The van der Waals surface area contributed by atoms with Gasteiger partial charge in [-0.05, 0) is 33.9 Å². The minimum Gasteiger partial charge on any atom is -0.387 e. The van der Waals surface area contributed by atoms with E-state index in [1.54, 1.807) is 18.3 Å². The molecule has 4 nitrogen and oxygen atoms in total. The van der Waals surface area contributed by atoms with Crippen LogP contribution in [-0.2, 0) is 0 Å². The van der Waals surface area contributed by atoms with Gasteiger partial charge < -0.3 is 14.9 Å². The van der Waals surface area contributed by atoms with Crippen LogP contribution >= 0.6 is 11.3 Å². The Morgan fingerprint density at radius 2 is 2.41 bits per heavy atom. The number of aromatic nitrogens is 1. The third-order valence-corrected chi connectivity index (χ3v) is 4.03. The van der Waals surface area contributed by atoms with Crippen molar-refractivity contribution in [2.45, 2.75) is 31.9 Å². The van der Waals surface area contributed by atoms with Crippen LogP contribution in [0.15, 0.2) is 5.38 Å². The lowest BCUT2D eigenvalue weighted by Crippen LogP contribution is -2.37. The van der Waals surface area contributed by atoms with E-state index in [0.29, 0.717) is 6.04 Å². The summed E-state index contributed by atoms with van der Waals surface area (Å²) in [6.07, 6.45) is 2.01. The molecule has 2 heterocycles. The maximum Gasteiger partial charge on any atom is 0.185 e. The zero-order valence-electron chi connectivity index (χ0n) is 10.8. The average Bonchev–Trinajstić information content (AvgIpc) is 2.83. The summed E-state index contributed by atoms with van der Waals surface area (Å²) in [5.74, 6) is 0. The van der Waals surface area contributed by atoms with E-state index in [9.17, 15) is 5.11 Å². The second-order valence-corrected chi connectivity index (χ2v) is 5.82. The van der Waals surface area contributed by atoms with Gasteiger partial charge in [0.1, 0.15) is 0 Å². The van der Waals surface area contributed by atoms with Crippen LogP contribution < -0.4 is 4.90 Å². The molecule has 5 heteroatoms.